The molecule has 2 aliphatic rings. The fourth-order valence-electron chi connectivity index (χ4n) is 4.88. The number of aryl methyl sites for hydroxylation is 1. The van der Waals surface area contributed by atoms with Crippen LogP contribution in [0.4, 0.5) is 0 Å². The molecule has 6 N–H and O–H groups in total. The van der Waals surface area contributed by atoms with Gasteiger partial charge in [0.25, 0.3) is 0 Å². The second-order valence-electron chi connectivity index (χ2n) is 8.22. The van der Waals surface area contributed by atoms with E-state index in [0.29, 0.717) is 10.9 Å². The third kappa shape index (κ3) is 2.80. The highest BCUT2D eigenvalue weighted by Crippen LogP contribution is 2.51. The molecule has 0 saturated heterocycles. The predicted molar refractivity (Wildman–Crippen MR) is 116 cm³/mol. The minimum Gasteiger partial charge on any atom is -0.508 e. The predicted octanol–water partition coefficient (Wildman–Crippen LogP) is 1.95. The molecule has 0 fully saturated rings. The van der Waals surface area contributed by atoms with Gasteiger partial charge in [0.15, 0.2) is 28.7 Å². The minimum atomic E-state index is -2.74. The van der Waals surface area contributed by atoms with E-state index in [1.54, 1.807) is 6.92 Å². The molecule has 0 bridgehead atoms. The second-order valence-corrected chi connectivity index (χ2v) is 8.22. The Labute approximate surface area is 191 Å². The number of aliphatic hydroxyl groups excluding tert-OH is 1. The van der Waals surface area contributed by atoms with E-state index in [1.807, 2.05) is 0 Å². The number of carbonyl (C=O) groups is 3. The van der Waals surface area contributed by atoms with Crippen LogP contribution in [0.2, 0.25) is 0 Å². The van der Waals surface area contributed by atoms with Crippen molar-refractivity contribution >= 4 is 28.1 Å². The van der Waals surface area contributed by atoms with Crippen LogP contribution in [0, 0.1) is 12.8 Å². The number of ketones is 3. The maximum Gasteiger partial charge on any atom is 0.206 e. The van der Waals surface area contributed by atoms with Crippen molar-refractivity contribution in [3.63, 3.8) is 0 Å². The van der Waals surface area contributed by atoms with Crippen LogP contribution in [-0.2, 0) is 16.0 Å². The molecule has 12 heteroatoms. The van der Waals surface area contributed by atoms with Gasteiger partial charge in [0.05, 0.1) is 17.0 Å². The SMILES string of the molecule is CCC(=O)C1=C(O)C2(O)C(=O)c3c(c(C)c4ccc(ON=[N+]=[N-])c(O)c4c3O)CC2C(N)C1=O. The molecule has 2 aliphatic carbocycles. The number of hydrogen-bond donors (Lipinski definition) is 5. The summed E-state index contributed by atoms with van der Waals surface area (Å²) < 4.78 is 0. The molecule has 0 saturated carbocycles. The van der Waals surface area contributed by atoms with Crippen molar-refractivity contribution in [3.05, 3.63) is 50.6 Å². The Hall–Kier alpha value is -4.12. The lowest BCUT2D eigenvalue weighted by molar-refractivity contribution is -0.127. The van der Waals surface area contributed by atoms with Crippen LogP contribution >= 0.6 is 0 Å². The van der Waals surface area contributed by atoms with Crippen molar-refractivity contribution in [2.45, 2.75) is 38.3 Å². The lowest BCUT2D eigenvalue weighted by Gasteiger charge is -2.45. The smallest absolute Gasteiger partial charge is 0.206 e. The number of fused-ring (bicyclic) bond motifs is 3. The first-order valence-corrected chi connectivity index (χ1v) is 10.3. The van der Waals surface area contributed by atoms with Crippen LogP contribution in [0.25, 0.3) is 21.2 Å². The molecule has 4 rings (SSSR count). The maximum atomic E-state index is 13.6. The van der Waals surface area contributed by atoms with Crippen LogP contribution in [0.5, 0.6) is 17.2 Å². The third-order valence-corrected chi connectivity index (χ3v) is 6.66. The number of carbonyl (C=O) groups excluding carboxylic acids is 3. The summed E-state index contributed by atoms with van der Waals surface area (Å²) in [4.78, 5) is 45.9. The Morgan fingerprint density at radius 1 is 1.29 bits per heavy atom. The van der Waals surface area contributed by atoms with Gasteiger partial charge < -0.3 is 31.0 Å². The van der Waals surface area contributed by atoms with Gasteiger partial charge in [-0.25, -0.2) is 0 Å². The molecule has 0 heterocycles. The monoisotopic (exact) mass is 468 g/mol. The maximum absolute atomic E-state index is 13.6. The number of rotatable bonds is 4. The van der Waals surface area contributed by atoms with Crippen molar-refractivity contribution in [2.75, 3.05) is 0 Å². The molecule has 0 radical (unpaired) electrons. The Morgan fingerprint density at radius 3 is 2.59 bits per heavy atom. The van der Waals surface area contributed by atoms with E-state index < -0.39 is 63.3 Å². The molecule has 2 aromatic carbocycles. The number of nitrogens with two attached hydrogens (primary N) is 1. The zero-order valence-corrected chi connectivity index (χ0v) is 18.1. The summed E-state index contributed by atoms with van der Waals surface area (Å²) in [5.74, 6) is -6.91. The number of nitrogens with zero attached hydrogens (tertiary/aromatic N) is 3. The fourth-order valence-corrected chi connectivity index (χ4v) is 4.88. The van der Waals surface area contributed by atoms with Gasteiger partial charge >= 0.3 is 0 Å². The van der Waals surface area contributed by atoms with Crippen molar-refractivity contribution in [1.29, 1.82) is 0 Å². The lowest BCUT2D eigenvalue weighted by atomic mass is 9.61. The van der Waals surface area contributed by atoms with E-state index in [4.69, 9.17) is 16.1 Å². The van der Waals surface area contributed by atoms with E-state index in [1.165, 1.54) is 19.1 Å². The number of phenols is 2. The van der Waals surface area contributed by atoms with E-state index >= 15 is 0 Å². The van der Waals surface area contributed by atoms with Gasteiger partial charge in [-0.05, 0) is 47.5 Å². The quantitative estimate of drug-likeness (QED) is 0.145. The zero-order valence-electron chi connectivity index (χ0n) is 18.1. The highest BCUT2D eigenvalue weighted by Gasteiger charge is 2.61. The first-order valence-electron chi connectivity index (χ1n) is 10.3. The molecule has 0 aromatic heterocycles. The van der Waals surface area contributed by atoms with E-state index in [9.17, 15) is 34.8 Å². The molecule has 2 aromatic rings. The number of hydrogen-bond acceptors (Lipinski definition) is 10. The van der Waals surface area contributed by atoms with Crippen LogP contribution in [0.15, 0.2) is 28.7 Å². The number of benzene rings is 2. The van der Waals surface area contributed by atoms with E-state index in [0.717, 1.165) is 0 Å². The summed E-state index contributed by atoms with van der Waals surface area (Å²) >= 11 is 0. The number of azide groups is 1. The molecule has 176 valence electrons. The van der Waals surface area contributed by atoms with Crippen molar-refractivity contribution < 1.29 is 39.6 Å². The molecule has 3 atom stereocenters. The largest absolute Gasteiger partial charge is 0.508 e. The molecule has 0 aliphatic heterocycles. The topological polar surface area (TPSA) is 216 Å². The molecule has 0 spiro atoms. The summed E-state index contributed by atoms with van der Waals surface area (Å²) in [6.45, 7) is 3.04. The normalized spacial score (nSPS) is 23.9. The van der Waals surface area contributed by atoms with Crippen molar-refractivity contribution in [3.8, 4) is 17.2 Å². The average Bonchev–Trinajstić information content (AvgIpc) is 2.81. The highest BCUT2D eigenvalue weighted by atomic mass is 16.6. The molecular formula is C22H20N4O8. The summed E-state index contributed by atoms with van der Waals surface area (Å²) in [5, 5.41) is 46.9. The Morgan fingerprint density at radius 2 is 1.97 bits per heavy atom. The lowest BCUT2D eigenvalue weighted by Crippen LogP contribution is -2.63. The summed E-state index contributed by atoms with van der Waals surface area (Å²) in [6, 6.07) is 1.28. The zero-order chi connectivity index (χ0) is 25.1. The Balaban J connectivity index is 2.05. The van der Waals surface area contributed by atoms with Gasteiger partial charge in [0.1, 0.15) is 22.4 Å². The fraction of sp³-hybridized carbons (Fsp3) is 0.318. The Bertz CT molecular complexity index is 1390. The van der Waals surface area contributed by atoms with Crippen molar-refractivity contribution in [1.82, 2.24) is 0 Å². The Kier molecular flexibility index (Phi) is 5.24. The van der Waals surface area contributed by atoms with Gasteiger partial charge in [0, 0.05) is 17.3 Å². The number of phenolic OH excluding ortho intramolecular Hbond substituents is 2. The van der Waals surface area contributed by atoms with Gasteiger partial charge in [-0.1, -0.05) is 6.92 Å². The van der Waals surface area contributed by atoms with Gasteiger partial charge in [-0.3, -0.25) is 14.4 Å². The van der Waals surface area contributed by atoms with Gasteiger partial charge in [-0.2, -0.15) is 0 Å². The van der Waals surface area contributed by atoms with Crippen LogP contribution in [0.3, 0.4) is 0 Å². The van der Waals surface area contributed by atoms with E-state index in [-0.39, 0.29) is 29.5 Å². The molecule has 3 unspecified atom stereocenters. The van der Waals surface area contributed by atoms with Crippen LogP contribution < -0.4 is 10.6 Å². The van der Waals surface area contributed by atoms with Crippen molar-refractivity contribution in [2.24, 2.45) is 16.9 Å². The standard InChI is InChI=1S/C22H20N4O8/c1-3-11(27)15-19(30)16(23)10-6-9-7(2)8-4-5-12(34-26-25-24)17(28)13(8)18(29)14(9)20(31)22(10,33)21(15)32/h4-5,10,16,28-29,32-33H,3,6,23H2,1-2H3. The van der Waals surface area contributed by atoms with E-state index in [2.05, 4.69) is 10.2 Å². The highest BCUT2D eigenvalue weighted by molar-refractivity contribution is 6.25. The first-order chi connectivity index (χ1) is 16.0. The van der Waals surface area contributed by atoms with Gasteiger partial charge in [-0.15, -0.1) is 0 Å². The summed E-state index contributed by atoms with van der Waals surface area (Å²) in [7, 11) is 0. The van der Waals surface area contributed by atoms with Crippen LogP contribution in [0.1, 0.15) is 34.8 Å². The number of aromatic hydroxyl groups is 2. The number of Topliss-reactive ketones (excluding diaryl/α,β-unsaturated/α-hetero) is 3. The van der Waals surface area contributed by atoms with Crippen LogP contribution in [-0.4, -0.2) is 49.4 Å². The molecular weight excluding hydrogens is 448 g/mol. The molecule has 34 heavy (non-hydrogen) atoms. The molecule has 0 amide bonds. The third-order valence-electron chi connectivity index (χ3n) is 6.66. The minimum absolute atomic E-state index is 0.180. The first kappa shape index (κ1) is 23.1. The summed E-state index contributed by atoms with van der Waals surface area (Å²) in [5.41, 5.74) is 11.3. The van der Waals surface area contributed by atoms with Gasteiger partial charge in [0.2, 0.25) is 5.78 Å². The average molecular weight is 468 g/mol. The number of aliphatic hydroxyl groups is 2. The second kappa shape index (κ2) is 7.73. The molecule has 12 nitrogen and oxygen atoms in total. The summed E-state index contributed by atoms with van der Waals surface area (Å²) in [6.07, 6.45) is -0.366.